The Balaban J connectivity index is 0.00000338. The summed E-state index contributed by atoms with van der Waals surface area (Å²) in [7, 11) is 5.52. The molecule has 2 rings (SSSR count). The Bertz CT molecular complexity index is 700. The van der Waals surface area contributed by atoms with Crippen LogP contribution in [0.1, 0.15) is 18.5 Å². The molecule has 0 saturated heterocycles. The van der Waals surface area contributed by atoms with Gasteiger partial charge in [-0.05, 0) is 37.1 Å². The molecular formula is C19H27IN4OS. The average Bonchev–Trinajstić information content (AvgIpc) is 3.11. The van der Waals surface area contributed by atoms with E-state index in [2.05, 4.69) is 27.2 Å². The quantitative estimate of drug-likeness (QED) is 0.198. The lowest BCUT2D eigenvalue weighted by molar-refractivity contribution is 0.415. The van der Waals surface area contributed by atoms with E-state index in [1.807, 2.05) is 37.4 Å². The van der Waals surface area contributed by atoms with Crippen LogP contribution >= 0.6 is 35.3 Å². The van der Waals surface area contributed by atoms with Gasteiger partial charge >= 0.3 is 0 Å². The number of hydrogen-bond acceptors (Lipinski definition) is 4. The van der Waals surface area contributed by atoms with Gasteiger partial charge in [0.25, 0.3) is 0 Å². The lowest BCUT2D eigenvalue weighted by Crippen LogP contribution is -2.39. The van der Waals surface area contributed by atoms with Crippen LogP contribution in [0.4, 0.5) is 0 Å². The van der Waals surface area contributed by atoms with E-state index in [-0.39, 0.29) is 24.0 Å². The molecule has 0 aliphatic carbocycles. The first-order chi connectivity index (χ1) is 12.2. The zero-order chi connectivity index (χ0) is 18.1. The molecule has 1 heterocycles. The summed E-state index contributed by atoms with van der Waals surface area (Å²) in [5, 5.41) is 6.46. The number of nitrogens with one attached hydrogen (secondary N) is 1. The van der Waals surface area contributed by atoms with Crippen molar-refractivity contribution in [3.8, 4) is 16.3 Å². The third kappa shape index (κ3) is 6.60. The summed E-state index contributed by atoms with van der Waals surface area (Å²) in [6, 6.07) is 7.96. The van der Waals surface area contributed by atoms with Gasteiger partial charge in [0.2, 0.25) is 0 Å². The van der Waals surface area contributed by atoms with Crippen LogP contribution in [0.5, 0.6) is 5.75 Å². The number of allylic oxidation sites excluding steroid dienone is 1. The number of aliphatic imine (C=N–C) groups is 1. The van der Waals surface area contributed by atoms with Crippen molar-refractivity contribution >= 4 is 41.3 Å². The highest BCUT2D eigenvalue weighted by atomic mass is 127. The van der Waals surface area contributed by atoms with Gasteiger partial charge < -0.3 is 15.0 Å². The molecule has 0 fully saturated rings. The first kappa shape index (κ1) is 22.4. The van der Waals surface area contributed by atoms with E-state index in [1.54, 1.807) is 25.5 Å². The van der Waals surface area contributed by atoms with E-state index in [1.165, 1.54) is 0 Å². The Kier molecular flexibility index (Phi) is 10.3. The van der Waals surface area contributed by atoms with Crippen LogP contribution < -0.4 is 10.1 Å². The van der Waals surface area contributed by atoms with Crippen molar-refractivity contribution in [3.05, 3.63) is 48.0 Å². The fourth-order valence-corrected chi connectivity index (χ4v) is 3.21. The molecule has 0 spiro atoms. The molecule has 0 unspecified atom stereocenters. The minimum absolute atomic E-state index is 0. The number of aromatic nitrogens is 1. The molecule has 0 aliphatic heterocycles. The van der Waals surface area contributed by atoms with Crippen LogP contribution in [0, 0.1) is 0 Å². The number of halogens is 1. The molecule has 1 N–H and O–H groups in total. The van der Waals surface area contributed by atoms with Crippen LogP contribution in [0.15, 0.2) is 47.3 Å². The van der Waals surface area contributed by atoms with Crippen molar-refractivity contribution in [2.24, 2.45) is 4.99 Å². The standard InChI is InChI=1S/C19H26N4OS.HI/c1-5-6-7-12-23(3)19(20-2)21-13-16-14-25-18(22-16)15-8-10-17(24-4)11-9-15;/h5,8-11,14H,1,6-7,12-13H2,2-4H3,(H,20,21);1H. The summed E-state index contributed by atoms with van der Waals surface area (Å²) in [6.45, 7) is 5.36. The molecule has 0 bridgehead atoms. The molecule has 0 atom stereocenters. The minimum Gasteiger partial charge on any atom is -0.497 e. The Hall–Kier alpha value is -1.61. The lowest BCUT2D eigenvalue weighted by Gasteiger charge is -2.21. The average molecular weight is 486 g/mol. The maximum atomic E-state index is 5.19. The first-order valence-electron chi connectivity index (χ1n) is 8.29. The summed E-state index contributed by atoms with van der Waals surface area (Å²) < 4.78 is 5.19. The number of thiazole rings is 1. The van der Waals surface area contributed by atoms with E-state index in [9.17, 15) is 0 Å². The van der Waals surface area contributed by atoms with Gasteiger partial charge in [0, 0.05) is 31.6 Å². The molecule has 5 nitrogen and oxygen atoms in total. The Morgan fingerprint density at radius 3 is 2.73 bits per heavy atom. The smallest absolute Gasteiger partial charge is 0.193 e. The molecule has 0 radical (unpaired) electrons. The maximum absolute atomic E-state index is 5.19. The predicted molar refractivity (Wildman–Crippen MR) is 122 cm³/mol. The Morgan fingerprint density at radius 1 is 1.38 bits per heavy atom. The zero-order valence-corrected chi connectivity index (χ0v) is 18.7. The lowest BCUT2D eigenvalue weighted by atomic mass is 10.2. The van der Waals surface area contributed by atoms with E-state index >= 15 is 0 Å². The fraction of sp³-hybridized carbons (Fsp3) is 0.368. The van der Waals surface area contributed by atoms with Crippen LogP contribution in [0.3, 0.4) is 0 Å². The fourth-order valence-electron chi connectivity index (χ4n) is 2.39. The topological polar surface area (TPSA) is 49.8 Å². The Labute approximate surface area is 177 Å². The zero-order valence-electron chi connectivity index (χ0n) is 15.6. The molecule has 142 valence electrons. The van der Waals surface area contributed by atoms with Gasteiger partial charge in [0.1, 0.15) is 10.8 Å². The van der Waals surface area contributed by atoms with Gasteiger partial charge in [-0.3, -0.25) is 4.99 Å². The summed E-state index contributed by atoms with van der Waals surface area (Å²) in [6.07, 6.45) is 4.03. The molecule has 2 aromatic rings. The highest BCUT2D eigenvalue weighted by Gasteiger charge is 2.08. The molecule has 0 amide bonds. The van der Waals surface area contributed by atoms with Gasteiger partial charge in [-0.2, -0.15) is 0 Å². The van der Waals surface area contributed by atoms with Crippen molar-refractivity contribution in [1.29, 1.82) is 0 Å². The first-order valence-corrected chi connectivity index (χ1v) is 9.17. The van der Waals surface area contributed by atoms with Gasteiger partial charge in [0.05, 0.1) is 19.3 Å². The van der Waals surface area contributed by atoms with E-state index < -0.39 is 0 Å². The molecular weight excluding hydrogens is 459 g/mol. The second kappa shape index (κ2) is 11.9. The number of hydrogen-bond donors (Lipinski definition) is 1. The number of ether oxygens (including phenoxy) is 1. The van der Waals surface area contributed by atoms with Crippen LogP contribution in [-0.4, -0.2) is 43.6 Å². The summed E-state index contributed by atoms with van der Waals surface area (Å²) in [5.41, 5.74) is 2.11. The summed E-state index contributed by atoms with van der Waals surface area (Å²) in [4.78, 5) is 11.2. The number of benzene rings is 1. The van der Waals surface area contributed by atoms with E-state index in [0.29, 0.717) is 6.54 Å². The summed E-state index contributed by atoms with van der Waals surface area (Å²) >= 11 is 1.64. The molecule has 7 heteroatoms. The van der Waals surface area contributed by atoms with Crippen molar-refractivity contribution in [2.45, 2.75) is 19.4 Å². The van der Waals surface area contributed by atoms with Crippen molar-refractivity contribution < 1.29 is 4.74 Å². The number of unbranched alkanes of at least 4 members (excludes halogenated alkanes) is 1. The number of nitrogens with zero attached hydrogens (tertiary/aromatic N) is 3. The number of methoxy groups -OCH3 is 1. The molecule has 0 saturated carbocycles. The normalized spacial score (nSPS) is 10.8. The molecule has 1 aromatic heterocycles. The highest BCUT2D eigenvalue weighted by Crippen LogP contribution is 2.25. The van der Waals surface area contributed by atoms with Crippen molar-refractivity contribution in [2.75, 3.05) is 27.7 Å². The van der Waals surface area contributed by atoms with Crippen LogP contribution in [-0.2, 0) is 6.54 Å². The van der Waals surface area contributed by atoms with Gasteiger partial charge in [-0.25, -0.2) is 4.98 Å². The van der Waals surface area contributed by atoms with Crippen LogP contribution in [0.2, 0.25) is 0 Å². The minimum atomic E-state index is 0. The number of rotatable bonds is 8. The summed E-state index contributed by atoms with van der Waals surface area (Å²) in [5.74, 6) is 1.73. The van der Waals surface area contributed by atoms with Crippen molar-refractivity contribution in [1.82, 2.24) is 15.2 Å². The van der Waals surface area contributed by atoms with E-state index in [4.69, 9.17) is 9.72 Å². The van der Waals surface area contributed by atoms with Crippen LogP contribution in [0.25, 0.3) is 10.6 Å². The van der Waals surface area contributed by atoms with Gasteiger partial charge in [0.15, 0.2) is 5.96 Å². The van der Waals surface area contributed by atoms with Crippen molar-refractivity contribution in [3.63, 3.8) is 0 Å². The van der Waals surface area contributed by atoms with Gasteiger partial charge in [-0.1, -0.05) is 6.08 Å². The SMILES string of the molecule is C=CCCCN(C)C(=NC)NCc1csc(-c2ccc(OC)cc2)n1.I. The second-order valence-corrected chi connectivity index (χ2v) is 6.48. The molecule has 0 aliphatic rings. The molecule has 26 heavy (non-hydrogen) atoms. The number of guanidine groups is 1. The maximum Gasteiger partial charge on any atom is 0.193 e. The predicted octanol–water partition coefficient (Wildman–Crippen LogP) is 4.41. The largest absolute Gasteiger partial charge is 0.497 e. The third-order valence-corrected chi connectivity index (χ3v) is 4.73. The third-order valence-electron chi connectivity index (χ3n) is 3.79. The Morgan fingerprint density at radius 2 is 2.12 bits per heavy atom. The second-order valence-electron chi connectivity index (χ2n) is 5.63. The molecule has 1 aromatic carbocycles. The van der Waals surface area contributed by atoms with Gasteiger partial charge in [-0.15, -0.1) is 41.9 Å². The highest BCUT2D eigenvalue weighted by molar-refractivity contribution is 14.0. The van der Waals surface area contributed by atoms with E-state index in [0.717, 1.165) is 47.4 Å². The monoisotopic (exact) mass is 486 g/mol.